The quantitative estimate of drug-likeness (QED) is 0.448. The molecule has 33 heavy (non-hydrogen) atoms. The van der Waals surface area contributed by atoms with Crippen molar-refractivity contribution in [3.05, 3.63) is 70.7 Å². The van der Waals surface area contributed by atoms with Gasteiger partial charge in [-0.05, 0) is 49.4 Å². The van der Waals surface area contributed by atoms with Crippen LogP contribution in [0.2, 0.25) is 5.02 Å². The second-order valence-corrected chi connectivity index (χ2v) is 8.95. The minimum absolute atomic E-state index is 0.104. The zero-order valence-electron chi connectivity index (χ0n) is 18.8. The summed E-state index contributed by atoms with van der Waals surface area (Å²) in [5, 5.41) is 0.557. The summed E-state index contributed by atoms with van der Waals surface area (Å²) in [6.07, 6.45) is 0.678. The van der Waals surface area contributed by atoms with Gasteiger partial charge in [0.2, 0.25) is 5.91 Å². The van der Waals surface area contributed by atoms with Crippen LogP contribution in [0.5, 0.6) is 0 Å². The summed E-state index contributed by atoms with van der Waals surface area (Å²) >= 11 is 6.09. The van der Waals surface area contributed by atoms with Crippen LogP contribution < -0.4 is 0 Å². The van der Waals surface area contributed by atoms with E-state index in [1.165, 1.54) is 0 Å². The van der Waals surface area contributed by atoms with Crippen LogP contribution in [0, 0.1) is 17.3 Å². The first kappa shape index (κ1) is 23.3. The maximum atomic E-state index is 13.7. The summed E-state index contributed by atoms with van der Waals surface area (Å²) in [6.45, 7) is 4.57. The van der Waals surface area contributed by atoms with Gasteiger partial charge in [-0.1, -0.05) is 54.1 Å². The van der Waals surface area contributed by atoms with Gasteiger partial charge in [0, 0.05) is 24.0 Å². The number of amides is 1. The zero-order valence-corrected chi connectivity index (χ0v) is 19.6. The van der Waals surface area contributed by atoms with E-state index in [2.05, 4.69) is 0 Å². The molecule has 0 aromatic heterocycles. The molecule has 2 aromatic rings. The molecule has 1 heterocycles. The first-order valence-corrected chi connectivity index (χ1v) is 11.8. The molecular formula is C26H28ClNO5. The molecule has 6 nitrogen and oxygen atoms in total. The Labute approximate surface area is 198 Å². The largest absolute Gasteiger partial charge is 0.465 e. The van der Waals surface area contributed by atoms with Gasteiger partial charge in [-0.2, -0.15) is 0 Å². The Hall–Kier alpha value is -2.86. The summed E-state index contributed by atoms with van der Waals surface area (Å²) in [5.41, 5.74) is 0.0681. The SMILES string of the molecule is CCOC(=O)C1(C(=O)OCC)[C@@H]2C(=O)N(Cc3ccccc3)CC[C@@H]2[C@@H]1c1ccc(Cl)cc1. The Morgan fingerprint density at radius 3 is 2.15 bits per heavy atom. The lowest BCUT2D eigenvalue weighted by Crippen LogP contribution is -2.70. The molecule has 0 bridgehead atoms. The number of rotatable bonds is 7. The number of hydrogen-bond donors (Lipinski definition) is 0. The van der Waals surface area contributed by atoms with E-state index in [1.54, 1.807) is 30.9 Å². The Balaban J connectivity index is 1.76. The topological polar surface area (TPSA) is 72.9 Å². The van der Waals surface area contributed by atoms with Gasteiger partial charge in [0.15, 0.2) is 5.41 Å². The van der Waals surface area contributed by atoms with Crippen molar-refractivity contribution in [3.63, 3.8) is 0 Å². The second-order valence-electron chi connectivity index (χ2n) is 8.51. The molecule has 1 aliphatic heterocycles. The number of piperidine rings is 1. The normalized spacial score (nSPS) is 23.3. The fourth-order valence-electron chi connectivity index (χ4n) is 5.50. The fourth-order valence-corrected chi connectivity index (χ4v) is 5.62. The number of likely N-dealkylation sites (tertiary alicyclic amines) is 1. The Bertz CT molecular complexity index is 1000. The second kappa shape index (κ2) is 9.56. The maximum absolute atomic E-state index is 13.7. The number of halogens is 1. The molecule has 0 unspecified atom stereocenters. The highest BCUT2D eigenvalue weighted by Gasteiger charge is 2.76. The van der Waals surface area contributed by atoms with Gasteiger partial charge in [0.05, 0.1) is 19.1 Å². The summed E-state index contributed by atoms with van der Waals surface area (Å²) in [4.78, 5) is 42.4. The van der Waals surface area contributed by atoms with Crippen molar-refractivity contribution < 1.29 is 23.9 Å². The predicted octanol–water partition coefficient (Wildman–Crippen LogP) is 4.21. The van der Waals surface area contributed by atoms with Gasteiger partial charge < -0.3 is 14.4 Å². The van der Waals surface area contributed by atoms with Crippen molar-refractivity contribution >= 4 is 29.4 Å². The molecule has 0 spiro atoms. The van der Waals surface area contributed by atoms with Crippen LogP contribution in [0.15, 0.2) is 54.6 Å². The molecule has 4 rings (SSSR count). The van der Waals surface area contributed by atoms with Gasteiger partial charge in [0.25, 0.3) is 0 Å². The molecule has 0 radical (unpaired) electrons. The van der Waals surface area contributed by atoms with Crippen molar-refractivity contribution in [2.45, 2.75) is 32.7 Å². The van der Waals surface area contributed by atoms with Gasteiger partial charge >= 0.3 is 11.9 Å². The number of carbonyl (C=O) groups excluding carboxylic acids is 3. The Kier molecular flexibility index (Phi) is 6.75. The molecule has 2 fully saturated rings. The van der Waals surface area contributed by atoms with E-state index < -0.39 is 29.2 Å². The van der Waals surface area contributed by atoms with Crippen LogP contribution in [0.1, 0.15) is 37.3 Å². The van der Waals surface area contributed by atoms with Gasteiger partial charge in [-0.25, -0.2) is 0 Å². The molecule has 1 saturated carbocycles. The monoisotopic (exact) mass is 469 g/mol. The van der Waals surface area contributed by atoms with Crippen LogP contribution in [0.4, 0.5) is 0 Å². The zero-order chi connectivity index (χ0) is 23.6. The number of fused-ring (bicyclic) bond motifs is 1. The van der Waals surface area contributed by atoms with Crippen molar-refractivity contribution in [1.82, 2.24) is 4.90 Å². The molecule has 7 heteroatoms. The molecule has 2 aliphatic rings. The van der Waals surface area contributed by atoms with Crippen LogP contribution in [-0.2, 0) is 30.4 Å². The Morgan fingerprint density at radius 1 is 0.970 bits per heavy atom. The fraction of sp³-hybridized carbons (Fsp3) is 0.423. The molecule has 0 N–H and O–H groups in total. The predicted molar refractivity (Wildman–Crippen MR) is 123 cm³/mol. The summed E-state index contributed by atoms with van der Waals surface area (Å²) in [7, 11) is 0. The van der Waals surface area contributed by atoms with E-state index in [1.807, 2.05) is 42.5 Å². The van der Waals surface area contributed by atoms with E-state index in [0.717, 1.165) is 11.1 Å². The third-order valence-corrected chi connectivity index (χ3v) is 7.07. The van der Waals surface area contributed by atoms with Crippen molar-refractivity contribution in [1.29, 1.82) is 0 Å². The number of hydrogen-bond acceptors (Lipinski definition) is 5. The lowest BCUT2D eigenvalue weighted by Gasteiger charge is -2.60. The molecule has 1 aliphatic carbocycles. The minimum atomic E-state index is -1.71. The highest BCUT2D eigenvalue weighted by Crippen LogP contribution is 2.65. The molecular weight excluding hydrogens is 442 g/mol. The molecule has 174 valence electrons. The average molecular weight is 470 g/mol. The number of carbonyl (C=O) groups is 3. The van der Waals surface area contributed by atoms with Crippen molar-refractivity contribution in [3.8, 4) is 0 Å². The van der Waals surface area contributed by atoms with Crippen LogP contribution in [0.3, 0.4) is 0 Å². The van der Waals surface area contributed by atoms with Crippen LogP contribution in [-0.4, -0.2) is 42.5 Å². The highest BCUT2D eigenvalue weighted by molar-refractivity contribution is 6.30. The maximum Gasteiger partial charge on any atom is 0.324 e. The van der Waals surface area contributed by atoms with Crippen LogP contribution in [0.25, 0.3) is 0 Å². The van der Waals surface area contributed by atoms with E-state index in [9.17, 15) is 14.4 Å². The van der Waals surface area contributed by atoms with Crippen molar-refractivity contribution in [2.75, 3.05) is 19.8 Å². The third kappa shape index (κ3) is 3.90. The first-order chi connectivity index (χ1) is 15.9. The van der Waals surface area contributed by atoms with E-state index in [-0.39, 0.29) is 25.0 Å². The minimum Gasteiger partial charge on any atom is -0.465 e. The van der Waals surface area contributed by atoms with E-state index >= 15 is 0 Å². The third-order valence-electron chi connectivity index (χ3n) is 6.82. The van der Waals surface area contributed by atoms with Gasteiger partial charge in [-0.3, -0.25) is 14.4 Å². The first-order valence-electron chi connectivity index (χ1n) is 11.4. The van der Waals surface area contributed by atoms with E-state index in [4.69, 9.17) is 21.1 Å². The lowest BCUT2D eigenvalue weighted by molar-refractivity contribution is -0.209. The van der Waals surface area contributed by atoms with Gasteiger partial charge in [-0.15, -0.1) is 0 Å². The van der Waals surface area contributed by atoms with Crippen molar-refractivity contribution in [2.24, 2.45) is 17.3 Å². The lowest BCUT2D eigenvalue weighted by atomic mass is 9.42. The smallest absolute Gasteiger partial charge is 0.324 e. The highest BCUT2D eigenvalue weighted by atomic mass is 35.5. The Morgan fingerprint density at radius 2 is 1.58 bits per heavy atom. The standard InChI is InChI=1S/C26H28ClNO5/c1-3-32-24(30)26(25(31)33-4-2)21(18-10-12-19(27)13-11-18)20-14-15-28(23(29)22(20)26)16-17-8-6-5-7-9-17/h5-13,20-22H,3-4,14-16H2,1-2H3/t20-,21+,22+/m1/s1. The average Bonchev–Trinajstić information content (AvgIpc) is 2.79. The molecule has 2 aromatic carbocycles. The van der Waals surface area contributed by atoms with Crippen LogP contribution >= 0.6 is 11.6 Å². The molecule has 3 atom stereocenters. The number of benzene rings is 2. The summed E-state index contributed by atoms with van der Waals surface area (Å²) < 4.78 is 10.8. The number of esters is 2. The summed E-state index contributed by atoms with van der Waals surface area (Å²) in [6, 6.07) is 16.8. The molecule has 1 saturated heterocycles. The van der Waals surface area contributed by atoms with E-state index in [0.29, 0.717) is 24.5 Å². The van der Waals surface area contributed by atoms with Gasteiger partial charge in [0.1, 0.15) is 0 Å². The summed E-state index contributed by atoms with van der Waals surface area (Å²) in [5.74, 6) is -3.10. The number of ether oxygens (including phenoxy) is 2. The number of nitrogens with zero attached hydrogens (tertiary/aromatic N) is 1. The molecule has 1 amide bonds.